The summed E-state index contributed by atoms with van der Waals surface area (Å²) in [5.41, 5.74) is 5.94. The van der Waals surface area contributed by atoms with Crippen molar-refractivity contribution in [2.75, 3.05) is 30.3 Å². The number of aromatic hydroxyl groups is 1. The Kier molecular flexibility index (Phi) is 3.33. The Morgan fingerprint density at radius 1 is 1.35 bits per heavy atom. The van der Waals surface area contributed by atoms with E-state index in [9.17, 15) is 14.1 Å². The Bertz CT molecular complexity index is 466. The van der Waals surface area contributed by atoms with Gasteiger partial charge in [0, 0.05) is 35.4 Å². The number of amides is 1. The molecule has 3 N–H and O–H groups in total. The van der Waals surface area contributed by atoms with E-state index in [-0.39, 0.29) is 22.9 Å². The number of nitrogen functional groups attached to an aromatic ring is 1. The minimum absolute atomic E-state index is 0.177. The smallest absolute Gasteiger partial charge is 0.257 e. The highest BCUT2D eigenvalue weighted by molar-refractivity contribution is 7.85. The predicted octanol–water partition coefficient (Wildman–Crippen LogP) is 0.179. The van der Waals surface area contributed by atoms with Crippen molar-refractivity contribution in [2.24, 2.45) is 0 Å². The van der Waals surface area contributed by atoms with Crippen LogP contribution in [0.2, 0.25) is 0 Å². The fourth-order valence-corrected chi connectivity index (χ4v) is 2.80. The molecular formula is C11H14N2O3S. The molecule has 1 aliphatic heterocycles. The van der Waals surface area contributed by atoms with E-state index in [2.05, 4.69) is 0 Å². The molecule has 1 aliphatic rings. The maximum atomic E-state index is 12.1. The van der Waals surface area contributed by atoms with E-state index in [4.69, 9.17) is 5.73 Å². The van der Waals surface area contributed by atoms with Gasteiger partial charge >= 0.3 is 0 Å². The topological polar surface area (TPSA) is 83.6 Å². The summed E-state index contributed by atoms with van der Waals surface area (Å²) < 4.78 is 11.2. The average molecular weight is 254 g/mol. The van der Waals surface area contributed by atoms with E-state index in [1.807, 2.05) is 0 Å². The minimum Gasteiger partial charge on any atom is -0.505 e. The van der Waals surface area contributed by atoms with Crippen LogP contribution in [-0.2, 0) is 10.8 Å². The first kappa shape index (κ1) is 11.9. The molecule has 1 saturated heterocycles. The Hall–Kier alpha value is -1.56. The summed E-state index contributed by atoms with van der Waals surface area (Å²) in [6, 6.07) is 4.71. The monoisotopic (exact) mass is 254 g/mol. The van der Waals surface area contributed by atoms with Crippen molar-refractivity contribution in [2.45, 2.75) is 0 Å². The van der Waals surface area contributed by atoms with Gasteiger partial charge in [-0.3, -0.25) is 9.00 Å². The molecule has 1 fully saturated rings. The van der Waals surface area contributed by atoms with Crippen LogP contribution in [0.3, 0.4) is 0 Å². The summed E-state index contributed by atoms with van der Waals surface area (Å²) in [5.74, 6) is 0.555. The normalized spacial score (nSPS) is 17.1. The van der Waals surface area contributed by atoms with Gasteiger partial charge in [-0.2, -0.15) is 0 Å². The number of carbonyl (C=O) groups excluding carboxylic acids is 1. The number of carbonyl (C=O) groups is 1. The summed E-state index contributed by atoms with van der Waals surface area (Å²) in [6.07, 6.45) is 0. The third-order valence-corrected chi connectivity index (χ3v) is 4.04. The van der Waals surface area contributed by atoms with Crippen LogP contribution in [0, 0.1) is 0 Å². The van der Waals surface area contributed by atoms with Gasteiger partial charge in [-0.1, -0.05) is 6.07 Å². The fourth-order valence-electron chi connectivity index (χ4n) is 1.75. The van der Waals surface area contributed by atoms with E-state index in [0.717, 1.165) is 0 Å². The van der Waals surface area contributed by atoms with Gasteiger partial charge in [-0.05, 0) is 12.1 Å². The Balaban J connectivity index is 2.20. The highest BCUT2D eigenvalue weighted by Gasteiger charge is 2.23. The van der Waals surface area contributed by atoms with Gasteiger partial charge in [0.05, 0.1) is 11.3 Å². The molecule has 0 aromatic heterocycles. The zero-order valence-corrected chi connectivity index (χ0v) is 10.1. The molecule has 0 aliphatic carbocycles. The number of hydrogen-bond donors (Lipinski definition) is 2. The molecule has 0 atom stereocenters. The number of nitrogens with two attached hydrogens (primary N) is 1. The van der Waals surface area contributed by atoms with E-state index in [1.165, 1.54) is 6.07 Å². The first-order valence-corrected chi connectivity index (χ1v) is 6.80. The molecule has 0 spiro atoms. The zero-order chi connectivity index (χ0) is 12.4. The van der Waals surface area contributed by atoms with Gasteiger partial charge in [-0.25, -0.2) is 0 Å². The average Bonchev–Trinajstić information content (AvgIpc) is 2.33. The lowest BCUT2D eigenvalue weighted by Crippen LogP contribution is -2.41. The molecule has 6 heteroatoms. The molecule has 0 saturated carbocycles. The SMILES string of the molecule is Nc1cccc(C(=O)N2CCS(=O)CC2)c1O. The minimum atomic E-state index is -0.825. The summed E-state index contributed by atoms with van der Waals surface area (Å²) in [7, 11) is -0.825. The summed E-state index contributed by atoms with van der Waals surface area (Å²) in [6.45, 7) is 0.916. The largest absolute Gasteiger partial charge is 0.505 e. The predicted molar refractivity (Wildman–Crippen MR) is 66.3 cm³/mol. The van der Waals surface area contributed by atoms with Crippen LogP contribution < -0.4 is 5.73 Å². The van der Waals surface area contributed by atoms with Crippen molar-refractivity contribution in [1.29, 1.82) is 0 Å². The molecule has 17 heavy (non-hydrogen) atoms. The standard InChI is InChI=1S/C11H14N2O3S/c12-9-3-1-2-8(10(9)14)11(15)13-4-6-17(16)7-5-13/h1-3,14H,4-7,12H2. The summed E-state index contributed by atoms with van der Waals surface area (Å²) >= 11 is 0. The number of nitrogens with zero attached hydrogens (tertiary/aromatic N) is 1. The third kappa shape index (κ3) is 2.41. The van der Waals surface area contributed by atoms with E-state index >= 15 is 0 Å². The van der Waals surface area contributed by atoms with Crippen LogP contribution in [0.15, 0.2) is 18.2 Å². The molecule has 0 unspecified atom stereocenters. The van der Waals surface area contributed by atoms with Gasteiger partial charge in [0.15, 0.2) is 5.75 Å². The van der Waals surface area contributed by atoms with Gasteiger partial charge in [0.25, 0.3) is 5.91 Å². The van der Waals surface area contributed by atoms with Crippen molar-refractivity contribution in [3.8, 4) is 5.75 Å². The molecule has 0 bridgehead atoms. The van der Waals surface area contributed by atoms with Crippen molar-refractivity contribution in [1.82, 2.24) is 4.90 Å². The lowest BCUT2D eigenvalue weighted by atomic mass is 10.1. The molecule has 0 radical (unpaired) electrons. The summed E-state index contributed by atoms with van der Waals surface area (Å²) in [4.78, 5) is 13.7. The van der Waals surface area contributed by atoms with Gasteiger partial charge in [-0.15, -0.1) is 0 Å². The Labute approximate surface area is 102 Å². The number of phenols is 1. The number of phenolic OH excluding ortho intramolecular Hbond substituents is 1. The second-order valence-electron chi connectivity index (χ2n) is 3.88. The van der Waals surface area contributed by atoms with Gasteiger partial charge in [0.1, 0.15) is 0 Å². The zero-order valence-electron chi connectivity index (χ0n) is 9.26. The molecule has 1 aromatic rings. The van der Waals surface area contributed by atoms with Crippen LogP contribution >= 0.6 is 0 Å². The van der Waals surface area contributed by atoms with Crippen molar-refractivity contribution in [3.63, 3.8) is 0 Å². The quantitative estimate of drug-likeness (QED) is 0.553. The molecule has 1 amide bonds. The second-order valence-corrected chi connectivity index (χ2v) is 5.58. The molecule has 2 rings (SSSR count). The first-order valence-electron chi connectivity index (χ1n) is 5.31. The highest BCUT2D eigenvalue weighted by atomic mass is 32.2. The van der Waals surface area contributed by atoms with Crippen molar-refractivity contribution >= 4 is 22.4 Å². The summed E-state index contributed by atoms with van der Waals surface area (Å²) in [5, 5.41) is 9.72. The van der Waals surface area contributed by atoms with Gasteiger partial charge in [0.2, 0.25) is 0 Å². The lowest BCUT2D eigenvalue weighted by Gasteiger charge is -2.26. The van der Waals surface area contributed by atoms with E-state index < -0.39 is 10.8 Å². The third-order valence-electron chi connectivity index (χ3n) is 2.76. The maximum absolute atomic E-state index is 12.1. The van der Waals surface area contributed by atoms with E-state index in [0.29, 0.717) is 24.6 Å². The van der Waals surface area contributed by atoms with Crippen LogP contribution in [-0.4, -0.2) is 44.7 Å². The second kappa shape index (κ2) is 4.75. The van der Waals surface area contributed by atoms with Gasteiger partial charge < -0.3 is 15.7 Å². The van der Waals surface area contributed by atoms with E-state index in [1.54, 1.807) is 17.0 Å². The molecule has 5 nitrogen and oxygen atoms in total. The fraction of sp³-hybridized carbons (Fsp3) is 0.364. The molecular weight excluding hydrogens is 240 g/mol. The van der Waals surface area contributed by atoms with Crippen LogP contribution in [0.25, 0.3) is 0 Å². The first-order chi connectivity index (χ1) is 8.09. The van der Waals surface area contributed by atoms with Crippen LogP contribution in [0.5, 0.6) is 5.75 Å². The number of hydrogen-bond acceptors (Lipinski definition) is 4. The number of benzene rings is 1. The highest BCUT2D eigenvalue weighted by Crippen LogP contribution is 2.25. The maximum Gasteiger partial charge on any atom is 0.257 e. The van der Waals surface area contributed by atoms with Crippen molar-refractivity contribution in [3.05, 3.63) is 23.8 Å². The van der Waals surface area contributed by atoms with Crippen molar-refractivity contribution < 1.29 is 14.1 Å². The number of para-hydroxylation sites is 1. The van der Waals surface area contributed by atoms with Crippen LogP contribution in [0.1, 0.15) is 10.4 Å². The Morgan fingerprint density at radius 3 is 2.65 bits per heavy atom. The molecule has 1 heterocycles. The Morgan fingerprint density at radius 2 is 2.00 bits per heavy atom. The number of rotatable bonds is 1. The molecule has 1 aromatic carbocycles. The van der Waals surface area contributed by atoms with Crippen LogP contribution in [0.4, 0.5) is 5.69 Å². The number of anilines is 1. The molecule has 92 valence electrons. The lowest BCUT2D eigenvalue weighted by molar-refractivity contribution is 0.0768.